The number of pyridine rings is 1. The molecule has 0 spiro atoms. The van der Waals surface area contributed by atoms with Gasteiger partial charge in [-0.3, -0.25) is 4.79 Å². The van der Waals surface area contributed by atoms with E-state index in [2.05, 4.69) is 20.1 Å². The van der Waals surface area contributed by atoms with Crippen molar-refractivity contribution in [2.45, 2.75) is 39.4 Å². The first kappa shape index (κ1) is 23.4. The van der Waals surface area contributed by atoms with Gasteiger partial charge in [0.15, 0.2) is 5.01 Å². The average molecular weight is 491 g/mol. The zero-order chi connectivity index (χ0) is 23.4. The molecule has 4 rings (SSSR count). The van der Waals surface area contributed by atoms with Gasteiger partial charge >= 0.3 is 5.97 Å². The fraction of sp³-hybridized carbons (Fsp3) is 0.391. The van der Waals surface area contributed by atoms with E-state index < -0.39 is 0 Å². The molecule has 0 aliphatic carbocycles. The summed E-state index contributed by atoms with van der Waals surface area (Å²) in [6.45, 7) is 5.24. The third kappa shape index (κ3) is 5.97. The molecule has 0 N–H and O–H groups in total. The van der Waals surface area contributed by atoms with Crippen LogP contribution >= 0.6 is 22.9 Å². The molecule has 0 atom stereocenters. The van der Waals surface area contributed by atoms with Gasteiger partial charge in [0, 0.05) is 43.8 Å². The van der Waals surface area contributed by atoms with Crippen molar-refractivity contribution in [3.8, 4) is 16.3 Å². The Kier molecular flexibility index (Phi) is 7.39. The molecule has 0 saturated carbocycles. The lowest BCUT2D eigenvalue weighted by Crippen LogP contribution is -2.38. The van der Waals surface area contributed by atoms with Crippen LogP contribution in [0.2, 0.25) is 5.02 Å². The van der Waals surface area contributed by atoms with Crippen molar-refractivity contribution < 1.29 is 18.7 Å². The van der Waals surface area contributed by atoms with Gasteiger partial charge in [0.1, 0.15) is 35.1 Å². The number of benzene rings is 1. The van der Waals surface area contributed by atoms with Gasteiger partial charge in [0.2, 0.25) is 0 Å². The number of anilines is 1. The maximum absolute atomic E-state index is 13.5. The van der Waals surface area contributed by atoms with Crippen molar-refractivity contribution in [3.63, 3.8) is 0 Å². The Morgan fingerprint density at radius 2 is 2.03 bits per heavy atom. The Hall–Kier alpha value is -2.78. The van der Waals surface area contributed by atoms with Crippen molar-refractivity contribution in [3.05, 3.63) is 52.4 Å². The number of aromatic nitrogens is 3. The molecule has 1 aromatic carbocycles. The molecule has 1 fully saturated rings. The molecule has 1 aliphatic heterocycles. The molecule has 0 radical (unpaired) electrons. The Balaban J connectivity index is 1.31. The first-order valence-electron chi connectivity index (χ1n) is 10.7. The first-order valence-corrected chi connectivity index (χ1v) is 11.9. The van der Waals surface area contributed by atoms with E-state index >= 15 is 0 Å². The van der Waals surface area contributed by atoms with Crippen LogP contribution in [0.5, 0.6) is 5.75 Å². The highest BCUT2D eigenvalue weighted by molar-refractivity contribution is 7.14. The zero-order valence-corrected chi connectivity index (χ0v) is 19.9. The van der Waals surface area contributed by atoms with Crippen molar-refractivity contribution in [1.82, 2.24) is 15.2 Å². The number of nitrogens with zero attached hydrogens (tertiary/aromatic N) is 4. The smallest absolute Gasteiger partial charge is 0.308 e. The largest absolute Gasteiger partial charge is 0.489 e. The Labute approximate surface area is 200 Å². The summed E-state index contributed by atoms with van der Waals surface area (Å²) in [6, 6.07) is 8.06. The summed E-state index contributed by atoms with van der Waals surface area (Å²) in [5.74, 6) is 0.454. The Bertz CT molecular complexity index is 1100. The second-order valence-corrected chi connectivity index (χ2v) is 9.52. The van der Waals surface area contributed by atoms with Crippen molar-refractivity contribution in [1.29, 1.82) is 0 Å². The zero-order valence-electron chi connectivity index (χ0n) is 18.3. The lowest BCUT2D eigenvalue weighted by molar-refractivity contribution is -0.148. The van der Waals surface area contributed by atoms with E-state index in [1.165, 1.54) is 29.5 Å². The summed E-state index contributed by atoms with van der Waals surface area (Å²) in [4.78, 5) is 18.4. The Morgan fingerprint density at radius 3 is 2.73 bits per heavy atom. The molecule has 1 aliphatic rings. The third-order valence-electron chi connectivity index (χ3n) is 5.22. The van der Waals surface area contributed by atoms with Crippen molar-refractivity contribution in [2.24, 2.45) is 5.92 Å². The summed E-state index contributed by atoms with van der Waals surface area (Å²) in [5.41, 5.74) is 0.858. The number of esters is 1. The molecule has 0 bridgehead atoms. The highest BCUT2D eigenvalue weighted by atomic mass is 35.5. The maximum Gasteiger partial charge on any atom is 0.308 e. The molecule has 3 heterocycles. The van der Waals surface area contributed by atoms with E-state index in [0.717, 1.165) is 42.3 Å². The van der Waals surface area contributed by atoms with Crippen LogP contribution < -0.4 is 9.64 Å². The van der Waals surface area contributed by atoms with Crippen LogP contribution in [0.15, 0.2) is 36.5 Å². The highest BCUT2D eigenvalue weighted by Crippen LogP contribution is 2.30. The lowest BCUT2D eigenvalue weighted by Gasteiger charge is -2.33. The molecule has 2 aromatic heterocycles. The second-order valence-electron chi connectivity index (χ2n) is 8.05. The fourth-order valence-electron chi connectivity index (χ4n) is 3.38. The number of ether oxygens (including phenoxy) is 2. The normalized spacial score (nSPS) is 14.5. The van der Waals surface area contributed by atoms with Gasteiger partial charge in [-0.05, 0) is 24.3 Å². The van der Waals surface area contributed by atoms with E-state index in [1.807, 2.05) is 12.1 Å². The van der Waals surface area contributed by atoms with Crippen LogP contribution in [0.25, 0.3) is 10.6 Å². The fourth-order valence-corrected chi connectivity index (χ4v) is 4.28. The average Bonchev–Trinajstić information content (AvgIpc) is 3.29. The molecule has 0 amide bonds. The van der Waals surface area contributed by atoms with Gasteiger partial charge in [0.05, 0.1) is 10.9 Å². The molecule has 174 valence electrons. The van der Waals surface area contributed by atoms with Crippen LogP contribution in [-0.2, 0) is 16.1 Å². The number of carbonyl (C=O) groups is 1. The number of rotatable bonds is 7. The molecule has 0 unspecified atom stereocenters. The molecule has 7 nitrogen and oxygen atoms in total. The summed E-state index contributed by atoms with van der Waals surface area (Å²) in [7, 11) is 0. The highest BCUT2D eigenvalue weighted by Gasteiger charge is 2.22. The lowest BCUT2D eigenvalue weighted by atomic mass is 10.1. The van der Waals surface area contributed by atoms with Gasteiger partial charge < -0.3 is 14.4 Å². The molecular weight excluding hydrogens is 467 g/mol. The quantitative estimate of drug-likeness (QED) is 0.424. The number of hydrogen-bond acceptors (Lipinski definition) is 8. The minimum atomic E-state index is -0.366. The number of piperidine rings is 1. The SMILES string of the molecule is CC(C)C(=O)OCc1nnc(-c2ccc(N3CCC(Oc4cc(F)ccc4Cl)CC3)nc2)s1. The number of carbonyl (C=O) groups excluding carboxylic acids is 1. The van der Waals surface area contributed by atoms with Gasteiger partial charge in [-0.15, -0.1) is 10.2 Å². The second kappa shape index (κ2) is 10.4. The first-order chi connectivity index (χ1) is 15.9. The van der Waals surface area contributed by atoms with Crippen LogP contribution in [-0.4, -0.2) is 40.3 Å². The van der Waals surface area contributed by atoms with E-state index in [4.69, 9.17) is 21.1 Å². The molecular formula is C23H24ClFN4O3S. The van der Waals surface area contributed by atoms with E-state index in [9.17, 15) is 9.18 Å². The summed E-state index contributed by atoms with van der Waals surface area (Å²) < 4.78 is 24.6. The topological polar surface area (TPSA) is 77.4 Å². The van der Waals surface area contributed by atoms with E-state index in [-0.39, 0.29) is 30.4 Å². The maximum atomic E-state index is 13.5. The minimum absolute atomic E-state index is 0.0237. The summed E-state index contributed by atoms with van der Waals surface area (Å²) in [6.07, 6.45) is 3.31. The molecule has 33 heavy (non-hydrogen) atoms. The Morgan fingerprint density at radius 1 is 1.24 bits per heavy atom. The van der Waals surface area contributed by atoms with Crippen LogP contribution in [0, 0.1) is 11.7 Å². The molecule has 1 saturated heterocycles. The van der Waals surface area contributed by atoms with Crippen LogP contribution in [0.3, 0.4) is 0 Å². The predicted octanol–water partition coefficient (Wildman–Crippen LogP) is 5.14. The van der Waals surface area contributed by atoms with Crippen LogP contribution in [0.1, 0.15) is 31.7 Å². The third-order valence-corrected chi connectivity index (χ3v) is 6.48. The number of halogens is 2. The van der Waals surface area contributed by atoms with Crippen molar-refractivity contribution in [2.75, 3.05) is 18.0 Å². The van der Waals surface area contributed by atoms with E-state index in [0.29, 0.717) is 15.8 Å². The van der Waals surface area contributed by atoms with Gasteiger partial charge in [-0.1, -0.05) is 36.8 Å². The van der Waals surface area contributed by atoms with Crippen LogP contribution in [0.4, 0.5) is 10.2 Å². The van der Waals surface area contributed by atoms with Gasteiger partial charge in [-0.2, -0.15) is 0 Å². The predicted molar refractivity (Wildman–Crippen MR) is 125 cm³/mol. The standard InChI is InChI=1S/C23H24ClFN4O3S/c1-14(2)23(30)31-13-21-27-28-22(33-21)15-3-6-20(26-12-15)29-9-7-17(8-10-29)32-19-11-16(25)4-5-18(19)24/h3-6,11-12,14,17H,7-10,13H2,1-2H3. The van der Waals surface area contributed by atoms with E-state index in [1.54, 1.807) is 20.0 Å². The van der Waals surface area contributed by atoms with Crippen molar-refractivity contribution >= 4 is 34.7 Å². The molecule has 10 heteroatoms. The number of hydrogen-bond donors (Lipinski definition) is 0. The summed E-state index contributed by atoms with van der Waals surface area (Å²) in [5, 5.41) is 10.1. The monoisotopic (exact) mass is 490 g/mol. The molecule has 3 aromatic rings. The summed E-state index contributed by atoms with van der Waals surface area (Å²) >= 11 is 7.49. The minimum Gasteiger partial charge on any atom is -0.489 e. The van der Waals surface area contributed by atoms with Gasteiger partial charge in [-0.25, -0.2) is 9.37 Å². The van der Waals surface area contributed by atoms with Gasteiger partial charge in [0.25, 0.3) is 0 Å².